The van der Waals surface area contributed by atoms with Crippen molar-refractivity contribution in [2.75, 3.05) is 0 Å². The van der Waals surface area contributed by atoms with E-state index in [1.165, 1.54) is 0 Å². The lowest BCUT2D eigenvalue weighted by molar-refractivity contribution is 0.198. The molecule has 0 bridgehead atoms. The molecule has 1 heterocycles. The molecule has 0 aliphatic heterocycles. The fraction of sp³-hybridized carbons (Fsp3) is 0.357. The Morgan fingerprint density at radius 1 is 1.44 bits per heavy atom. The molecule has 4 nitrogen and oxygen atoms in total. The predicted octanol–water partition coefficient (Wildman–Crippen LogP) is 2.54. The lowest BCUT2D eigenvalue weighted by Crippen LogP contribution is -1.97. The zero-order chi connectivity index (χ0) is 13.0. The van der Waals surface area contributed by atoms with Crippen molar-refractivity contribution < 1.29 is 9.84 Å². The number of benzene rings is 1. The molecular weight excluding hydrogens is 228 g/mol. The van der Waals surface area contributed by atoms with Gasteiger partial charge in [0.1, 0.15) is 12.4 Å². The summed E-state index contributed by atoms with van der Waals surface area (Å²) in [4.78, 5) is 0. The lowest BCUT2D eigenvalue weighted by Gasteiger charge is -2.08. The minimum Gasteiger partial charge on any atom is -0.489 e. The second-order valence-electron chi connectivity index (χ2n) is 4.24. The van der Waals surface area contributed by atoms with Gasteiger partial charge in [-0.05, 0) is 31.5 Å². The Hall–Kier alpha value is -1.81. The van der Waals surface area contributed by atoms with Crippen LogP contribution in [0.3, 0.4) is 0 Å². The highest BCUT2D eigenvalue weighted by Gasteiger charge is 2.03. The van der Waals surface area contributed by atoms with Crippen LogP contribution in [0.1, 0.15) is 31.1 Å². The third kappa shape index (κ3) is 3.11. The first-order valence-electron chi connectivity index (χ1n) is 6.11. The molecule has 1 atom stereocenters. The monoisotopic (exact) mass is 246 g/mol. The molecule has 0 unspecified atom stereocenters. The minimum absolute atomic E-state index is 0.476. The van der Waals surface area contributed by atoms with Crippen molar-refractivity contribution in [3.63, 3.8) is 0 Å². The topological polar surface area (TPSA) is 47.3 Å². The Kier molecular flexibility index (Phi) is 3.99. The third-order valence-electron chi connectivity index (χ3n) is 2.76. The molecule has 96 valence electrons. The molecule has 0 fully saturated rings. The maximum absolute atomic E-state index is 9.50. The van der Waals surface area contributed by atoms with Crippen LogP contribution in [0.4, 0.5) is 0 Å². The number of nitrogens with zero attached hydrogens (tertiary/aromatic N) is 2. The van der Waals surface area contributed by atoms with Gasteiger partial charge in [0.15, 0.2) is 0 Å². The average molecular weight is 246 g/mol. The molecule has 0 spiro atoms. The molecule has 1 aromatic heterocycles. The first-order valence-corrected chi connectivity index (χ1v) is 6.11. The predicted molar refractivity (Wildman–Crippen MR) is 69.3 cm³/mol. The zero-order valence-electron chi connectivity index (χ0n) is 10.7. The molecule has 0 radical (unpaired) electrons. The van der Waals surface area contributed by atoms with Crippen LogP contribution in [0, 0.1) is 0 Å². The van der Waals surface area contributed by atoms with Gasteiger partial charge in [0.2, 0.25) is 0 Å². The summed E-state index contributed by atoms with van der Waals surface area (Å²) in [6.07, 6.45) is 3.30. The number of aryl methyl sites for hydroxylation is 1. The number of aromatic nitrogens is 2. The largest absolute Gasteiger partial charge is 0.489 e. The van der Waals surface area contributed by atoms with Crippen molar-refractivity contribution in [1.29, 1.82) is 0 Å². The summed E-state index contributed by atoms with van der Waals surface area (Å²) in [7, 11) is 0. The fourth-order valence-corrected chi connectivity index (χ4v) is 1.68. The van der Waals surface area contributed by atoms with Gasteiger partial charge in [0, 0.05) is 18.3 Å². The van der Waals surface area contributed by atoms with Gasteiger partial charge < -0.3 is 9.84 Å². The number of hydrogen-bond acceptors (Lipinski definition) is 3. The van der Waals surface area contributed by atoms with Crippen molar-refractivity contribution in [2.24, 2.45) is 0 Å². The van der Waals surface area contributed by atoms with Crippen LogP contribution in [-0.2, 0) is 13.2 Å². The van der Waals surface area contributed by atoms with E-state index in [2.05, 4.69) is 5.10 Å². The van der Waals surface area contributed by atoms with Gasteiger partial charge in [-0.3, -0.25) is 4.68 Å². The standard InChI is InChI=1S/C14H18N2O2/c1-3-16-9-12(8-15-16)10-18-14-6-4-5-13(7-14)11(2)17/h4-9,11,17H,3,10H2,1-2H3/t11-/m1/s1. The van der Waals surface area contributed by atoms with Crippen molar-refractivity contribution in [3.05, 3.63) is 47.8 Å². The van der Waals surface area contributed by atoms with Gasteiger partial charge >= 0.3 is 0 Å². The summed E-state index contributed by atoms with van der Waals surface area (Å²) in [6.45, 7) is 5.13. The van der Waals surface area contributed by atoms with Crippen LogP contribution in [0.15, 0.2) is 36.7 Å². The Bertz CT molecular complexity index is 506. The molecule has 0 saturated carbocycles. The molecule has 0 amide bonds. The van der Waals surface area contributed by atoms with Crippen LogP contribution in [0.25, 0.3) is 0 Å². The third-order valence-corrected chi connectivity index (χ3v) is 2.76. The smallest absolute Gasteiger partial charge is 0.120 e. The van der Waals surface area contributed by atoms with Gasteiger partial charge in [-0.1, -0.05) is 12.1 Å². The van der Waals surface area contributed by atoms with Crippen LogP contribution < -0.4 is 4.74 Å². The van der Waals surface area contributed by atoms with E-state index in [0.717, 1.165) is 23.4 Å². The second-order valence-corrected chi connectivity index (χ2v) is 4.24. The molecule has 1 N–H and O–H groups in total. The number of aliphatic hydroxyl groups excluding tert-OH is 1. The molecule has 1 aromatic carbocycles. The number of ether oxygens (including phenoxy) is 1. The molecule has 4 heteroatoms. The Labute approximate surface area is 107 Å². The summed E-state index contributed by atoms with van der Waals surface area (Å²) >= 11 is 0. The van der Waals surface area contributed by atoms with Gasteiger partial charge in [-0.2, -0.15) is 5.10 Å². The SMILES string of the molecule is CCn1cc(COc2cccc([C@@H](C)O)c2)cn1. The van der Waals surface area contributed by atoms with Crippen LogP contribution >= 0.6 is 0 Å². The lowest BCUT2D eigenvalue weighted by atomic mass is 10.1. The Morgan fingerprint density at radius 3 is 2.94 bits per heavy atom. The summed E-state index contributed by atoms with van der Waals surface area (Å²) < 4.78 is 7.54. The van der Waals surface area contributed by atoms with E-state index in [1.807, 2.05) is 48.3 Å². The molecule has 2 rings (SSSR count). The van der Waals surface area contributed by atoms with Crippen LogP contribution in [0.5, 0.6) is 5.75 Å². The van der Waals surface area contributed by atoms with E-state index in [0.29, 0.717) is 6.61 Å². The zero-order valence-corrected chi connectivity index (χ0v) is 10.7. The Balaban J connectivity index is 1.99. The summed E-state index contributed by atoms with van der Waals surface area (Å²) in [6, 6.07) is 7.50. The summed E-state index contributed by atoms with van der Waals surface area (Å²) in [5, 5.41) is 13.7. The summed E-state index contributed by atoms with van der Waals surface area (Å²) in [5.74, 6) is 0.762. The molecular formula is C14H18N2O2. The number of aliphatic hydroxyl groups is 1. The van der Waals surface area contributed by atoms with E-state index >= 15 is 0 Å². The first-order chi connectivity index (χ1) is 8.69. The van der Waals surface area contributed by atoms with E-state index in [1.54, 1.807) is 6.92 Å². The molecule has 0 aliphatic rings. The van der Waals surface area contributed by atoms with Gasteiger partial charge in [0.25, 0.3) is 0 Å². The number of rotatable bonds is 5. The van der Waals surface area contributed by atoms with Crippen LogP contribution in [0.2, 0.25) is 0 Å². The van der Waals surface area contributed by atoms with E-state index in [4.69, 9.17) is 4.74 Å². The maximum Gasteiger partial charge on any atom is 0.120 e. The van der Waals surface area contributed by atoms with Gasteiger partial charge in [-0.15, -0.1) is 0 Å². The molecule has 2 aromatic rings. The van der Waals surface area contributed by atoms with E-state index in [-0.39, 0.29) is 0 Å². The van der Waals surface area contributed by atoms with E-state index < -0.39 is 6.10 Å². The molecule has 18 heavy (non-hydrogen) atoms. The number of hydrogen-bond donors (Lipinski definition) is 1. The Morgan fingerprint density at radius 2 is 2.28 bits per heavy atom. The molecule has 0 aliphatic carbocycles. The highest BCUT2D eigenvalue weighted by atomic mass is 16.5. The van der Waals surface area contributed by atoms with Crippen molar-refractivity contribution in [2.45, 2.75) is 33.1 Å². The molecule has 0 saturated heterocycles. The van der Waals surface area contributed by atoms with Crippen molar-refractivity contribution in [1.82, 2.24) is 9.78 Å². The highest BCUT2D eigenvalue weighted by molar-refractivity contribution is 5.29. The minimum atomic E-state index is -0.476. The van der Waals surface area contributed by atoms with Crippen molar-refractivity contribution in [3.8, 4) is 5.75 Å². The quantitative estimate of drug-likeness (QED) is 0.882. The fourth-order valence-electron chi connectivity index (χ4n) is 1.68. The average Bonchev–Trinajstić information content (AvgIpc) is 2.84. The maximum atomic E-state index is 9.50. The van der Waals surface area contributed by atoms with Gasteiger partial charge in [-0.25, -0.2) is 0 Å². The summed E-state index contributed by atoms with van der Waals surface area (Å²) in [5.41, 5.74) is 1.90. The highest BCUT2D eigenvalue weighted by Crippen LogP contribution is 2.19. The van der Waals surface area contributed by atoms with Gasteiger partial charge in [0.05, 0.1) is 12.3 Å². The van der Waals surface area contributed by atoms with E-state index in [9.17, 15) is 5.11 Å². The van der Waals surface area contributed by atoms with Crippen molar-refractivity contribution >= 4 is 0 Å². The van der Waals surface area contributed by atoms with Crippen LogP contribution in [-0.4, -0.2) is 14.9 Å². The second kappa shape index (κ2) is 5.69. The normalized spacial score (nSPS) is 12.4. The first kappa shape index (κ1) is 12.6.